The van der Waals surface area contributed by atoms with Gasteiger partial charge in [-0.25, -0.2) is 9.67 Å². The van der Waals surface area contributed by atoms with E-state index in [-0.39, 0.29) is 11.9 Å². The summed E-state index contributed by atoms with van der Waals surface area (Å²) in [7, 11) is 0. The van der Waals surface area contributed by atoms with Gasteiger partial charge in [-0.2, -0.15) is 5.10 Å². The van der Waals surface area contributed by atoms with Gasteiger partial charge in [-0.05, 0) is 42.8 Å². The second-order valence-corrected chi connectivity index (χ2v) is 7.32. The molecule has 0 saturated carbocycles. The van der Waals surface area contributed by atoms with Crippen LogP contribution in [0.3, 0.4) is 0 Å². The van der Waals surface area contributed by atoms with Crippen LogP contribution in [0.1, 0.15) is 28.9 Å². The average Bonchev–Trinajstić information content (AvgIpc) is 3.28. The predicted molar refractivity (Wildman–Crippen MR) is 109 cm³/mol. The van der Waals surface area contributed by atoms with Gasteiger partial charge in [0, 0.05) is 42.8 Å². The maximum Gasteiger partial charge on any atom is 0.253 e. The quantitative estimate of drug-likeness (QED) is 0.679. The molecule has 6 nitrogen and oxygen atoms in total. The lowest BCUT2D eigenvalue weighted by molar-refractivity contribution is 0.0582. The first kappa shape index (κ1) is 18.7. The van der Waals surface area contributed by atoms with Crippen molar-refractivity contribution < 1.29 is 4.79 Å². The molecule has 0 radical (unpaired) electrons. The van der Waals surface area contributed by atoms with Gasteiger partial charge in [0.15, 0.2) is 0 Å². The number of carbonyl (C=O) groups excluding carboxylic acids is 1. The second-order valence-electron chi connectivity index (χ2n) is 6.91. The van der Waals surface area contributed by atoms with E-state index in [1.807, 2.05) is 47.4 Å². The van der Waals surface area contributed by atoms with Gasteiger partial charge in [0.25, 0.3) is 5.91 Å². The molecule has 4 rings (SSSR count). The van der Waals surface area contributed by atoms with Crippen molar-refractivity contribution in [1.82, 2.24) is 24.6 Å². The maximum atomic E-state index is 12.8. The Bertz CT molecular complexity index is 934. The molecule has 0 aliphatic carbocycles. The minimum atomic E-state index is 0.0650. The van der Waals surface area contributed by atoms with Gasteiger partial charge < -0.3 is 4.90 Å². The van der Waals surface area contributed by atoms with Crippen molar-refractivity contribution in [1.29, 1.82) is 0 Å². The molecule has 1 amide bonds. The Hall–Kier alpha value is -2.70. The molecule has 1 unspecified atom stereocenters. The van der Waals surface area contributed by atoms with Crippen LogP contribution in [0.5, 0.6) is 0 Å². The van der Waals surface area contributed by atoms with Gasteiger partial charge in [-0.15, -0.1) is 0 Å². The summed E-state index contributed by atoms with van der Waals surface area (Å²) in [5.74, 6) is 0.0650. The van der Waals surface area contributed by atoms with E-state index >= 15 is 0 Å². The van der Waals surface area contributed by atoms with Gasteiger partial charge in [-0.3, -0.25) is 9.69 Å². The van der Waals surface area contributed by atoms with E-state index in [1.165, 1.54) is 6.33 Å². The molecule has 7 heteroatoms. The van der Waals surface area contributed by atoms with Crippen LogP contribution in [0.15, 0.2) is 61.2 Å². The number of nitrogens with zero attached hydrogens (tertiary/aromatic N) is 5. The molecule has 0 N–H and O–H groups in total. The summed E-state index contributed by atoms with van der Waals surface area (Å²) < 4.78 is 1.67. The zero-order chi connectivity index (χ0) is 19.5. The SMILES string of the molecule is CC(c1ccccc1Cl)N1CCN(C(=O)c2ccc(-n3cncn3)cc2)CC1. The number of piperazine rings is 1. The Morgan fingerprint density at radius 2 is 1.75 bits per heavy atom. The standard InChI is InChI=1S/C21H22ClN5O/c1-16(19-4-2-3-5-20(19)22)25-10-12-26(13-11-25)21(28)17-6-8-18(9-7-17)27-15-23-14-24-27/h2-9,14-16H,10-13H2,1H3. The highest BCUT2D eigenvalue weighted by molar-refractivity contribution is 6.31. The van der Waals surface area contributed by atoms with Crippen LogP contribution in [0, 0.1) is 0 Å². The molecule has 1 atom stereocenters. The average molecular weight is 396 g/mol. The number of aromatic nitrogens is 3. The summed E-state index contributed by atoms with van der Waals surface area (Å²) in [6.45, 7) is 5.24. The molecule has 1 aromatic heterocycles. The molecule has 0 spiro atoms. The lowest BCUT2D eigenvalue weighted by Gasteiger charge is -2.38. The van der Waals surface area contributed by atoms with E-state index in [1.54, 1.807) is 11.0 Å². The summed E-state index contributed by atoms with van der Waals surface area (Å²) in [5, 5.41) is 4.89. The molecular weight excluding hydrogens is 374 g/mol. The third kappa shape index (κ3) is 3.79. The molecule has 2 heterocycles. The van der Waals surface area contributed by atoms with Crippen molar-refractivity contribution in [2.24, 2.45) is 0 Å². The Labute approximate surface area is 169 Å². The zero-order valence-corrected chi connectivity index (χ0v) is 16.5. The largest absolute Gasteiger partial charge is 0.336 e. The predicted octanol–water partition coefficient (Wildman–Crippen LogP) is 3.44. The first-order valence-corrected chi connectivity index (χ1v) is 9.74. The third-order valence-corrected chi connectivity index (χ3v) is 5.65. The lowest BCUT2D eigenvalue weighted by Crippen LogP contribution is -2.49. The fourth-order valence-corrected chi connectivity index (χ4v) is 3.90. The van der Waals surface area contributed by atoms with E-state index < -0.39 is 0 Å². The maximum absolute atomic E-state index is 12.8. The Kier molecular flexibility index (Phi) is 5.41. The monoisotopic (exact) mass is 395 g/mol. The molecule has 1 aliphatic rings. The summed E-state index contributed by atoms with van der Waals surface area (Å²) in [6.07, 6.45) is 3.12. The Morgan fingerprint density at radius 3 is 2.39 bits per heavy atom. The highest BCUT2D eigenvalue weighted by Gasteiger charge is 2.26. The van der Waals surface area contributed by atoms with Crippen LogP contribution in [0.4, 0.5) is 0 Å². The van der Waals surface area contributed by atoms with Crippen molar-refractivity contribution in [3.8, 4) is 5.69 Å². The molecule has 144 valence electrons. The van der Waals surface area contributed by atoms with E-state index in [9.17, 15) is 4.79 Å². The minimum Gasteiger partial charge on any atom is -0.336 e. The first-order valence-electron chi connectivity index (χ1n) is 9.36. The molecule has 1 fully saturated rings. The number of hydrogen-bond donors (Lipinski definition) is 0. The van der Waals surface area contributed by atoms with Crippen molar-refractivity contribution in [2.75, 3.05) is 26.2 Å². The lowest BCUT2D eigenvalue weighted by atomic mass is 10.1. The van der Waals surface area contributed by atoms with Crippen molar-refractivity contribution in [3.63, 3.8) is 0 Å². The van der Waals surface area contributed by atoms with Gasteiger partial charge in [0.1, 0.15) is 12.7 Å². The fraction of sp³-hybridized carbons (Fsp3) is 0.286. The van der Waals surface area contributed by atoms with E-state index in [0.29, 0.717) is 18.7 Å². The number of halogens is 1. The van der Waals surface area contributed by atoms with Crippen molar-refractivity contribution in [2.45, 2.75) is 13.0 Å². The first-order chi connectivity index (χ1) is 13.6. The molecule has 1 aliphatic heterocycles. The topological polar surface area (TPSA) is 54.3 Å². The summed E-state index contributed by atoms with van der Waals surface area (Å²) in [4.78, 5) is 21.1. The zero-order valence-electron chi connectivity index (χ0n) is 15.7. The van der Waals surface area contributed by atoms with Crippen LogP contribution in [0.2, 0.25) is 5.02 Å². The van der Waals surface area contributed by atoms with Crippen LogP contribution < -0.4 is 0 Å². The fourth-order valence-electron chi connectivity index (χ4n) is 3.60. The van der Waals surface area contributed by atoms with Crippen LogP contribution in [0.25, 0.3) is 5.69 Å². The molecule has 2 aromatic carbocycles. The van der Waals surface area contributed by atoms with Gasteiger partial charge >= 0.3 is 0 Å². The Morgan fingerprint density at radius 1 is 1.04 bits per heavy atom. The summed E-state index contributed by atoms with van der Waals surface area (Å²) in [6, 6.07) is 15.7. The Balaban J connectivity index is 1.38. The normalized spacial score (nSPS) is 16.1. The number of benzene rings is 2. The molecule has 1 saturated heterocycles. The highest BCUT2D eigenvalue weighted by Crippen LogP contribution is 2.28. The van der Waals surface area contributed by atoms with Crippen molar-refractivity contribution >= 4 is 17.5 Å². The van der Waals surface area contributed by atoms with Gasteiger partial charge in [-0.1, -0.05) is 29.8 Å². The van der Waals surface area contributed by atoms with E-state index in [4.69, 9.17) is 11.6 Å². The third-order valence-electron chi connectivity index (χ3n) is 5.30. The van der Waals surface area contributed by atoms with Crippen LogP contribution in [-0.4, -0.2) is 56.7 Å². The highest BCUT2D eigenvalue weighted by atomic mass is 35.5. The minimum absolute atomic E-state index is 0.0650. The van der Waals surface area contributed by atoms with Crippen LogP contribution >= 0.6 is 11.6 Å². The van der Waals surface area contributed by atoms with Crippen molar-refractivity contribution in [3.05, 3.63) is 77.3 Å². The number of carbonyl (C=O) groups is 1. The van der Waals surface area contributed by atoms with E-state index in [2.05, 4.69) is 28.0 Å². The van der Waals surface area contributed by atoms with Crippen LogP contribution in [-0.2, 0) is 0 Å². The molecule has 0 bridgehead atoms. The second kappa shape index (κ2) is 8.12. The summed E-state index contributed by atoms with van der Waals surface area (Å²) >= 11 is 6.35. The molecular formula is C21H22ClN5O. The number of amides is 1. The summed E-state index contributed by atoms with van der Waals surface area (Å²) in [5.41, 5.74) is 2.71. The van der Waals surface area contributed by atoms with E-state index in [0.717, 1.165) is 29.4 Å². The molecule has 3 aromatic rings. The van der Waals surface area contributed by atoms with Gasteiger partial charge in [0.05, 0.1) is 5.69 Å². The van der Waals surface area contributed by atoms with Gasteiger partial charge in [0.2, 0.25) is 0 Å². The molecule has 28 heavy (non-hydrogen) atoms. The number of rotatable bonds is 4. The number of hydrogen-bond acceptors (Lipinski definition) is 4. The smallest absolute Gasteiger partial charge is 0.253 e.